The molecule has 0 radical (unpaired) electrons. The highest BCUT2D eigenvalue weighted by Gasteiger charge is 2.31. The number of thiazole rings is 1. The molecule has 1 fully saturated rings. The summed E-state index contributed by atoms with van der Waals surface area (Å²) in [5.41, 5.74) is 0.581. The summed E-state index contributed by atoms with van der Waals surface area (Å²) < 4.78 is 33.2. The number of sulfone groups is 1. The topological polar surface area (TPSA) is 77.3 Å². The van der Waals surface area contributed by atoms with E-state index in [9.17, 15) is 8.42 Å². The van der Waals surface area contributed by atoms with Gasteiger partial charge in [0, 0.05) is 31.8 Å². The van der Waals surface area contributed by atoms with E-state index >= 15 is 0 Å². The predicted molar refractivity (Wildman–Crippen MR) is 115 cm³/mol. The van der Waals surface area contributed by atoms with Crippen LogP contribution in [0.2, 0.25) is 0 Å². The fourth-order valence-electron chi connectivity index (χ4n) is 3.89. The first-order chi connectivity index (χ1) is 13.7. The summed E-state index contributed by atoms with van der Waals surface area (Å²) in [6.45, 7) is 8.34. The fraction of sp³-hybridized carbons (Fsp3) is 0.700. The van der Waals surface area contributed by atoms with Gasteiger partial charge in [0.2, 0.25) is 15.0 Å². The number of hydrogen-bond acceptors (Lipinski definition) is 7. The smallest absolute Gasteiger partial charge is 0.227 e. The molecule has 2 aromatic heterocycles. The second kappa shape index (κ2) is 9.24. The molecule has 1 aliphatic rings. The fourth-order valence-corrected chi connectivity index (χ4v) is 6.72. The van der Waals surface area contributed by atoms with Crippen molar-refractivity contribution in [2.24, 2.45) is 5.41 Å². The molecule has 2 aromatic rings. The van der Waals surface area contributed by atoms with Crippen molar-refractivity contribution in [3.8, 4) is 0 Å². The van der Waals surface area contributed by atoms with Gasteiger partial charge >= 0.3 is 0 Å². The third-order valence-electron chi connectivity index (χ3n) is 5.04. The van der Waals surface area contributed by atoms with Gasteiger partial charge in [-0.25, -0.2) is 18.4 Å². The first-order valence-corrected chi connectivity index (χ1v) is 12.6. The highest BCUT2D eigenvalue weighted by molar-refractivity contribution is 7.91. The minimum absolute atomic E-state index is 0.0644. The van der Waals surface area contributed by atoms with Crippen molar-refractivity contribution in [2.45, 2.75) is 64.3 Å². The van der Waals surface area contributed by atoms with Crippen LogP contribution in [-0.4, -0.2) is 53.9 Å². The van der Waals surface area contributed by atoms with Crippen molar-refractivity contribution in [3.05, 3.63) is 28.5 Å². The quantitative estimate of drug-likeness (QED) is 0.625. The molecule has 162 valence electrons. The molecule has 0 N–H and O–H groups in total. The predicted octanol–water partition coefficient (Wildman–Crippen LogP) is 3.53. The van der Waals surface area contributed by atoms with Crippen LogP contribution in [0.5, 0.6) is 0 Å². The summed E-state index contributed by atoms with van der Waals surface area (Å²) in [6.07, 6.45) is 6.98. The minimum atomic E-state index is -3.49. The zero-order valence-electron chi connectivity index (χ0n) is 17.8. The van der Waals surface area contributed by atoms with Gasteiger partial charge in [0.15, 0.2) is 0 Å². The van der Waals surface area contributed by atoms with Gasteiger partial charge in [-0.1, -0.05) is 27.2 Å². The normalized spacial score (nSPS) is 19.0. The number of ether oxygens (including phenoxy) is 1. The SMILES string of the molecule is COCCn1c(CN2CCCCC2c2nccs2)cnc1S(=O)(=O)CC(C)(C)C. The Morgan fingerprint density at radius 3 is 2.72 bits per heavy atom. The third-order valence-corrected chi connectivity index (χ3v) is 8.04. The summed E-state index contributed by atoms with van der Waals surface area (Å²) in [6, 6.07) is 0.282. The summed E-state index contributed by atoms with van der Waals surface area (Å²) in [4.78, 5) is 11.3. The number of imidazole rings is 1. The first kappa shape index (κ1) is 22.4. The molecule has 29 heavy (non-hydrogen) atoms. The van der Waals surface area contributed by atoms with Crippen molar-refractivity contribution in [3.63, 3.8) is 0 Å². The molecule has 1 aliphatic heterocycles. The standard InChI is InChI=1S/C20H32N4O3S2/c1-20(2,3)15-29(25,26)19-22-13-16(24(19)10-11-27-4)14-23-9-6-5-7-17(23)18-21-8-12-28-18/h8,12-13,17H,5-7,9-11,14-15H2,1-4H3. The molecule has 1 atom stereocenters. The van der Waals surface area contributed by atoms with Gasteiger partial charge in [0.05, 0.1) is 30.3 Å². The third kappa shape index (κ3) is 5.65. The van der Waals surface area contributed by atoms with Gasteiger partial charge in [0.1, 0.15) is 5.01 Å². The second-order valence-corrected chi connectivity index (χ2v) is 11.7. The van der Waals surface area contributed by atoms with Gasteiger partial charge in [-0.15, -0.1) is 11.3 Å². The molecular formula is C20H32N4O3S2. The van der Waals surface area contributed by atoms with Gasteiger partial charge in [-0.05, 0) is 24.8 Å². The van der Waals surface area contributed by atoms with Crippen molar-refractivity contribution in [2.75, 3.05) is 26.0 Å². The molecule has 7 nitrogen and oxygen atoms in total. The highest BCUT2D eigenvalue weighted by Crippen LogP contribution is 2.33. The second-order valence-electron chi connectivity index (χ2n) is 8.85. The molecule has 0 bridgehead atoms. The van der Waals surface area contributed by atoms with Crippen LogP contribution in [-0.2, 0) is 27.7 Å². The molecule has 0 amide bonds. The first-order valence-electron chi connectivity index (χ1n) is 10.1. The van der Waals surface area contributed by atoms with Crippen LogP contribution in [0.1, 0.15) is 56.8 Å². The van der Waals surface area contributed by atoms with Crippen molar-refractivity contribution in [1.29, 1.82) is 0 Å². The highest BCUT2D eigenvalue weighted by atomic mass is 32.2. The lowest BCUT2D eigenvalue weighted by Crippen LogP contribution is -2.34. The van der Waals surface area contributed by atoms with Crippen molar-refractivity contribution < 1.29 is 13.2 Å². The Morgan fingerprint density at radius 2 is 2.07 bits per heavy atom. The van der Waals surface area contributed by atoms with E-state index < -0.39 is 9.84 Å². The van der Waals surface area contributed by atoms with Gasteiger partial charge in [-0.2, -0.15) is 0 Å². The Balaban J connectivity index is 1.89. The monoisotopic (exact) mass is 440 g/mol. The number of likely N-dealkylation sites (tertiary alicyclic amines) is 1. The molecule has 1 unspecified atom stereocenters. The van der Waals surface area contributed by atoms with E-state index in [4.69, 9.17) is 4.74 Å². The van der Waals surface area contributed by atoms with Gasteiger partial charge < -0.3 is 9.30 Å². The maximum Gasteiger partial charge on any atom is 0.227 e. The largest absolute Gasteiger partial charge is 0.383 e. The van der Waals surface area contributed by atoms with Crippen LogP contribution in [0, 0.1) is 5.41 Å². The molecule has 3 rings (SSSR count). The maximum absolute atomic E-state index is 13.0. The molecule has 0 aromatic carbocycles. The number of piperidine rings is 1. The van der Waals surface area contributed by atoms with E-state index in [2.05, 4.69) is 14.9 Å². The zero-order chi connectivity index (χ0) is 21.1. The number of rotatable bonds is 8. The molecule has 0 saturated carbocycles. The number of methoxy groups -OCH3 is 1. The van der Waals surface area contributed by atoms with Crippen molar-refractivity contribution >= 4 is 21.2 Å². The van der Waals surface area contributed by atoms with Crippen LogP contribution in [0.4, 0.5) is 0 Å². The number of aromatic nitrogens is 3. The Bertz CT molecular complexity index is 885. The van der Waals surface area contributed by atoms with Gasteiger partial charge in [0.25, 0.3) is 0 Å². The zero-order valence-corrected chi connectivity index (χ0v) is 19.4. The molecule has 0 aliphatic carbocycles. The molecule has 3 heterocycles. The lowest BCUT2D eigenvalue weighted by molar-refractivity contribution is 0.134. The van der Waals surface area contributed by atoms with E-state index in [1.54, 1.807) is 24.6 Å². The number of hydrogen-bond donors (Lipinski definition) is 0. The molecule has 0 spiro atoms. The Kier molecular flexibility index (Phi) is 7.14. The summed E-state index contributed by atoms with van der Waals surface area (Å²) in [5.74, 6) is 0.0644. The van der Waals surface area contributed by atoms with E-state index in [-0.39, 0.29) is 22.4 Å². The van der Waals surface area contributed by atoms with Gasteiger partial charge in [-0.3, -0.25) is 4.90 Å². The van der Waals surface area contributed by atoms with Crippen molar-refractivity contribution in [1.82, 2.24) is 19.4 Å². The van der Waals surface area contributed by atoms with E-state index in [1.807, 2.05) is 36.9 Å². The van der Waals surface area contributed by atoms with E-state index in [0.29, 0.717) is 19.7 Å². The minimum Gasteiger partial charge on any atom is -0.383 e. The Hall–Kier alpha value is -1.29. The molecule has 9 heteroatoms. The van der Waals surface area contributed by atoms with E-state index in [1.165, 1.54) is 6.42 Å². The average molecular weight is 441 g/mol. The Morgan fingerprint density at radius 1 is 1.28 bits per heavy atom. The lowest BCUT2D eigenvalue weighted by atomic mass is 10.0. The number of nitrogens with zero attached hydrogens (tertiary/aromatic N) is 4. The van der Waals surface area contributed by atoms with E-state index in [0.717, 1.165) is 30.1 Å². The van der Waals surface area contributed by atoms with Crippen LogP contribution in [0.15, 0.2) is 22.9 Å². The average Bonchev–Trinajstić information content (AvgIpc) is 3.29. The van der Waals surface area contributed by atoms with Crippen LogP contribution in [0.25, 0.3) is 0 Å². The Labute approximate surface area is 178 Å². The molecule has 1 saturated heterocycles. The van der Waals surface area contributed by atoms with Crippen LogP contribution in [0.3, 0.4) is 0 Å². The van der Waals surface area contributed by atoms with Crippen LogP contribution >= 0.6 is 11.3 Å². The summed E-state index contributed by atoms with van der Waals surface area (Å²) in [7, 11) is -1.86. The lowest BCUT2D eigenvalue weighted by Gasteiger charge is -2.34. The van der Waals surface area contributed by atoms with Crippen LogP contribution < -0.4 is 0 Å². The maximum atomic E-state index is 13.0. The summed E-state index contributed by atoms with van der Waals surface area (Å²) in [5, 5.41) is 3.30. The summed E-state index contributed by atoms with van der Waals surface area (Å²) >= 11 is 1.69. The molecular weight excluding hydrogens is 408 g/mol.